The maximum atomic E-state index is 9.74. The predicted molar refractivity (Wildman–Crippen MR) is 46.6 cm³/mol. The van der Waals surface area contributed by atoms with Crippen molar-refractivity contribution in [2.45, 2.75) is 26.3 Å². The number of carbonyl (C=O) groups is 4. The third-order valence-corrected chi connectivity index (χ3v) is 0.697. The van der Waals surface area contributed by atoms with Crippen molar-refractivity contribution in [3.05, 3.63) is 0 Å². The van der Waals surface area contributed by atoms with Gasteiger partial charge in [0.15, 0.2) is 0 Å². The summed E-state index contributed by atoms with van der Waals surface area (Å²) in [6.45, 7) is 1.94. The first-order valence-electron chi connectivity index (χ1n) is 4.04. The molecule has 0 saturated carbocycles. The number of rotatable bonds is 3. The molecular formula is C8H12NNa3O8. The molecule has 100 valence electrons. The molecule has 3 N–H and O–H groups in total. The first kappa shape index (κ1) is 37.2. The van der Waals surface area contributed by atoms with E-state index in [9.17, 15) is 14.7 Å². The Bertz CT molecular complexity index is 267. The number of hydrogen-bond donors (Lipinski definition) is 2. The molecule has 0 aromatic heterocycles. The molecule has 0 aliphatic heterocycles. The van der Waals surface area contributed by atoms with Crippen molar-refractivity contribution in [3.63, 3.8) is 0 Å². The summed E-state index contributed by atoms with van der Waals surface area (Å²) >= 11 is 0. The Labute approximate surface area is 182 Å². The van der Waals surface area contributed by atoms with Crippen LogP contribution < -0.4 is 110 Å². The molecule has 0 rings (SSSR count). The molecular weight excluding hydrogens is 307 g/mol. The number of nitrogens with two attached hydrogens (primary N) is 1. The normalized spacial score (nSPS) is 8.15. The van der Waals surface area contributed by atoms with Crippen molar-refractivity contribution in [1.82, 2.24) is 0 Å². The predicted octanol–water partition coefficient (Wildman–Crippen LogP) is -13.9. The van der Waals surface area contributed by atoms with Gasteiger partial charge in [-0.25, -0.2) is 0 Å². The van der Waals surface area contributed by atoms with E-state index in [4.69, 9.17) is 30.6 Å². The number of hydrogen-bond acceptors (Lipinski definition) is 8. The SMILES string of the molecule is CC(=O)[O-].CC(=O)[O-].N[C@@H](CC(=O)O)C(=O)[O-].[Na+].[Na+].[Na+]. The molecule has 1 atom stereocenters. The van der Waals surface area contributed by atoms with E-state index in [1.165, 1.54) is 0 Å². The van der Waals surface area contributed by atoms with E-state index < -0.39 is 36.3 Å². The molecule has 0 aromatic carbocycles. The second-order valence-electron chi connectivity index (χ2n) is 2.51. The Morgan fingerprint density at radius 3 is 1.20 bits per heavy atom. The van der Waals surface area contributed by atoms with Gasteiger partial charge in [0.25, 0.3) is 0 Å². The molecule has 0 heterocycles. The van der Waals surface area contributed by atoms with E-state index in [0.717, 1.165) is 13.8 Å². The van der Waals surface area contributed by atoms with Crippen molar-refractivity contribution in [3.8, 4) is 0 Å². The van der Waals surface area contributed by atoms with Gasteiger partial charge in [0, 0.05) is 11.9 Å². The van der Waals surface area contributed by atoms with E-state index >= 15 is 0 Å². The van der Waals surface area contributed by atoms with Gasteiger partial charge in [-0.2, -0.15) is 0 Å². The van der Waals surface area contributed by atoms with E-state index in [1.54, 1.807) is 0 Å². The topological polar surface area (TPSA) is 184 Å². The van der Waals surface area contributed by atoms with Crippen LogP contribution in [0.5, 0.6) is 0 Å². The standard InChI is InChI=1S/C4H7NO4.2C2H4O2.3Na/c5-2(4(8)9)1-3(6)7;2*1-2(3)4;;;/h2H,1,5H2,(H,6,7)(H,8,9);2*1H3,(H,3,4);;;/q;;;3*+1/p-3/t2-;;;;;/m0...../s1. The van der Waals surface area contributed by atoms with Crippen molar-refractivity contribution >= 4 is 23.9 Å². The average molecular weight is 319 g/mol. The van der Waals surface area contributed by atoms with E-state index in [1.807, 2.05) is 0 Å². The van der Waals surface area contributed by atoms with Gasteiger partial charge in [-0.05, 0) is 13.8 Å². The van der Waals surface area contributed by atoms with Crippen LogP contribution in [0.3, 0.4) is 0 Å². The zero-order valence-corrected chi connectivity index (χ0v) is 18.2. The van der Waals surface area contributed by atoms with Crippen molar-refractivity contribution in [2.75, 3.05) is 0 Å². The number of carboxylic acid groups (broad SMARTS) is 4. The minimum Gasteiger partial charge on any atom is -0.550 e. The van der Waals surface area contributed by atoms with Crippen LogP contribution in [0.15, 0.2) is 0 Å². The largest absolute Gasteiger partial charge is 1.00 e. The fourth-order valence-corrected chi connectivity index (χ4v) is 0.271. The molecule has 0 fully saturated rings. The molecule has 12 heteroatoms. The van der Waals surface area contributed by atoms with Gasteiger partial charge in [-0.3, -0.25) is 4.79 Å². The number of carbonyl (C=O) groups excluding carboxylic acids is 3. The maximum Gasteiger partial charge on any atom is 1.00 e. The number of carboxylic acids is 4. The van der Waals surface area contributed by atoms with Crippen molar-refractivity contribution in [2.24, 2.45) is 5.73 Å². The Kier molecular flexibility index (Phi) is 46.2. The first-order chi connectivity index (χ1) is 7.50. The van der Waals surface area contributed by atoms with Crippen LogP contribution in [-0.4, -0.2) is 35.0 Å². The summed E-state index contributed by atoms with van der Waals surface area (Å²) in [6, 6.07) is -1.40. The Morgan fingerprint density at radius 1 is 0.950 bits per heavy atom. The van der Waals surface area contributed by atoms with Crippen LogP contribution in [0.4, 0.5) is 0 Å². The zero-order chi connectivity index (χ0) is 14.6. The monoisotopic (exact) mass is 319 g/mol. The van der Waals surface area contributed by atoms with E-state index in [0.29, 0.717) is 0 Å². The van der Waals surface area contributed by atoms with Crippen LogP contribution in [-0.2, 0) is 19.2 Å². The molecule has 0 spiro atoms. The van der Waals surface area contributed by atoms with Crippen LogP contribution in [0.2, 0.25) is 0 Å². The van der Waals surface area contributed by atoms with E-state index in [2.05, 4.69) is 0 Å². The molecule has 0 radical (unpaired) electrons. The maximum absolute atomic E-state index is 9.74. The molecule has 0 aliphatic rings. The Balaban J connectivity index is -0.0000000386. The summed E-state index contributed by atoms with van der Waals surface area (Å²) in [4.78, 5) is 37.3. The van der Waals surface area contributed by atoms with Gasteiger partial charge in [0.2, 0.25) is 0 Å². The molecule has 0 amide bonds. The minimum absolute atomic E-state index is 0. The minimum atomic E-state index is -1.54. The second kappa shape index (κ2) is 24.8. The van der Waals surface area contributed by atoms with Gasteiger partial charge < -0.3 is 40.5 Å². The van der Waals surface area contributed by atoms with Crippen molar-refractivity contribution in [1.29, 1.82) is 0 Å². The van der Waals surface area contributed by atoms with Gasteiger partial charge in [-0.15, -0.1) is 0 Å². The van der Waals surface area contributed by atoms with E-state index in [-0.39, 0.29) is 88.7 Å². The molecule has 0 aromatic rings. The van der Waals surface area contributed by atoms with Gasteiger partial charge in [-0.1, -0.05) is 0 Å². The van der Waals surface area contributed by atoms with Crippen LogP contribution in [0.25, 0.3) is 0 Å². The molecule has 0 aliphatic carbocycles. The smallest absolute Gasteiger partial charge is 0.550 e. The Hall–Kier alpha value is 0.840. The van der Waals surface area contributed by atoms with Gasteiger partial charge >= 0.3 is 94.6 Å². The summed E-state index contributed by atoms with van der Waals surface area (Å²) < 4.78 is 0. The summed E-state index contributed by atoms with van der Waals surface area (Å²) in [6.07, 6.45) is -0.595. The molecule has 9 nitrogen and oxygen atoms in total. The molecule has 0 unspecified atom stereocenters. The molecule has 20 heavy (non-hydrogen) atoms. The number of aliphatic carboxylic acids is 4. The fourth-order valence-electron chi connectivity index (χ4n) is 0.271. The molecule has 0 saturated heterocycles. The summed E-state index contributed by atoms with van der Waals surface area (Å²) in [5.74, 6) is -4.95. The third kappa shape index (κ3) is 76.7. The zero-order valence-electron chi connectivity index (χ0n) is 12.2. The average Bonchev–Trinajstić information content (AvgIpc) is 1.99. The first-order valence-corrected chi connectivity index (χ1v) is 4.04. The van der Waals surface area contributed by atoms with Crippen LogP contribution in [0.1, 0.15) is 20.3 Å². The summed E-state index contributed by atoms with van der Waals surface area (Å²) in [7, 11) is 0. The second-order valence-corrected chi connectivity index (χ2v) is 2.51. The fraction of sp³-hybridized carbons (Fsp3) is 0.500. The third-order valence-electron chi connectivity index (χ3n) is 0.697. The van der Waals surface area contributed by atoms with Crippen molar-refractivity contribution < 1.29 is 128 Å². The van der Waals surface area contributed by atoms with Crippen LogP contribution >= 0.6 is 0 Å². The van der Waals surface area contributed by atoms with Gasteiger partial charge in [0.05, 0.1) is 18.4 Å². The van der Waals surface area contributed by atoms with Crippen LogP contribution in [0, 0.1) is 0 Å². The summed E-state index contributed by atoms with van der Waals surface area (Å²) in [5.41, 5.74) is 4.77. The summed E-state index contributed by atoms with van der Waals surface area (Å²) in [5, 5.41) is 35.5. The quantitative estimate of drug-likeness (QED) is 0.476. The molecule has 0 bridgehead atoms. The Morgan fingerprint density at radius 2 is 1.15 bits per heavy atom. The van der Waals surface area contributed by atoms with Gasteiger partial charge in [0.1, 0.15) is 0 Å².